The van der Waals surface area contributed by atoms with Crippen molar-refractivity contribution >= 4 is 29.1 Å². The molecular weight excluding hydrogens is 543 g/mol. The first-order valence-corrected chi connectivity index (χ1v) is 13.4. The lowest BCUT2D eigenvalue weighted by Crippen LogP contribution is -2.22. The topological polar surface area (TPSA) is 99.5 Å². The van der Waals surface area contributed by atoms with E-state index in [1.807, 2.05) is 32.0 Å². The molecule has 1 N–H and O–H groups in total. The van der Waals surface area contributed by atoms with E-state index in [1.54, 1.807) is 36.6 Å². The Labute approximate surface area is 244 Å². The SMILES string of the molecule is COc1cc(/C=C2/C(C)=C(CC(=O)NCc3ccco3)c3cc(F)ccc32)cc(OC)c1OCC(=O)OCCN(C)C. The molecule has 0 saturated carbocycles. The van der Waals surface area contributed by atoms with Crippen LogP contribution in [0.4, 0.5) is 4.39 Å². The first-order valence-electron chi connectivity index (χ1n) is 13.4. The average molecular weight is 579 g/mol. The minimum Gasteiger partial charge on any atom is -0.493 e. The molecule has 1 aliphatic rings. The van der Waals surface area contributed by atoms with Gasteiger partial charge in [-0.3, -0.25) is 4.79 Å². The molecule has 0 unspecified atom stereocenters. The maximum atomic E-state index is 14.3. The van der Waals surface area contributed by atoms with E-state index in [0.717, 1.165) is 27.8 Å². The molecule has 1 aliphatic carbocycles. The number of rotatable bonds is 13. The lowest BCUT2D eigenvalue weighted by atomic mass is 10.00. The molecule has 2 aromatic carbocycles. The number of esters is 1. The number of furan rings is 1. The second kappa shape index (κ2) is 13.9. The minimum absolute atomic E-state index is 0.0738. The number of allylic oxidation sites excluding steroid dienone is 2. The number of amides is 1. The molecular formula is C32H35FN2O7. The van der Waals surface area contributed by atoms with Crippen molar-refractivity contribution < 1.29 is 37.3 Å². The van der Waals surface area contributed by atoms with Crippen LogP contribution in [-0.4, -0.2) is 64.8 Å². The van der Waals surface area contributed by atoms with E-state index in [2.05, 4.69) is 5.32 Å². The second-order valence-electron chi connectivity index (χ2n) is 9.95. The van der Waals surface area contributed by atoms with E-state index in [9.17, 15) is 14.0 Å². The monoisotopic (exact) mass is 578 g/mol. The number of carbonyl (C=O) groups is 2. The van der Waals surface area contributed by atoms with E-state index in [4.69, 9.17) is 23.4 Å². The third kappa shape index (κ3) is 7.38. The van der Waals surface area contributed by atoms with Gasteiger partial charge in [-0.1, -0.05) is 6.07 Å². The van der Waals surface area contributed by atoms with Crippen molar-refractivity contribution in [3.63, 3.8) is 0 Å². The third-order valence-corrected chi connectivity index (χ3v) is 6.76. The highest BCUT2D eigenvalue weighted by molar-refractivity contribution is 6.08. The summed E-state index contributed by atoms with van der Waals surface area (Å²) >= 11 is 0. The minimum atomic E-state index is -0.511. The number of nitrogens with zero attached hydrogens (tertiary/aromatic N) is 1. The number of hydrogen-bond acceptors (Lipinski definition) is 8. The molecule has 1 heterocycles. The van der Waals surface area contributed by atoms with Gasteiger partial charge in [0.05, 0.1) is 33.4 Å². The summed E-state index contributed by atoms with van der Waals surface area (Å²) in [5, 5.41) is 2.85. The molecule has 0 fully saturated rings. The van der Waals surface area contributed by atoms with Gasteiger partial charge in [-0.15, -0.1) is 0 Å². The van der Waals surface area contributed by atoms with Gasteiger partial charge in [0.15, 0.2) is 18.1 Å². The van der Waals surface area contributed by atoms with Gasteiger partial charge in [-0.2, -0.15) is 0 Å². The van der Waals surface area contributed by atoms with E-state index >= 15 is 0 Å². The fraction of sp³-hybridized carbons (Fsp3) is 0.312. The Morgan fingerprint density at radius 2 is 1.79 bits per heavy atom. The fourth-order valence-electron chi connectivity index (χ4n) is 4.61. The lowest BCUT2D eigenvalue weighted by molar-refractivity contribution is -0.146. The van der Waals surface area contributed by atoms with E-state index < -0.39 is 5.97 Å². The van der Waals surface area contributed by atoms with Crippen LogP contribution in [0.25, 0.3) is 17.2 Å². The summed E-state index contributed by atoms with van der Waals surface area (Å²) in [7, 11) is 6.76. The summed E-state index contributed by atoms with van der Waals surface area (Å²) in [6, 6.07) is 11.6. The molecule has 9 nitrogen and oxygen atoms in total. The molecule has 1 aromatic heterocycles. The number of carbonyl (C=O) groups excluding carboxylic acids is 2. The average Bonchev–Trinajstić information content (AvgIpc) is 3.57. The van der Waals surface area contributed by atoms with Gasteiger partial charge in [0, 0.05) is 6.54 Å². The Kier molecular flexibility index (Phi) is 10.0. The van der Waals surface area contributed by atoms with Gasteiger partial charge in [-0.05, 0) is 96.9 Å². The van der Waals surface area contributed by atoms with Crippen molar-refractivity contribution in [2.45, 2.75) is 19.9 Å². The van der Waals surface area contributed by atoms with Crippen LogP contribution < -0.4 is 19.5 Å². The molecule has 4 rings (SSSR count). The van der Waals surface area contributed by atoms with Gasteiger partial charge in [0.1, 0.15) is 18.2 Å². The van der Waals surface area contributed by atoms with Crippen molar-refractivity contribution in [3.05, 3.63) is 82.6 Å². The summed E-state index contributed by atoms with van der Waals surface area (Å²) in [5.74, 6) is 0.524. The van der Waals surface area contributed by atoms with Crippen LogP contribution in [0.3, 0.4) is 0 Å². The molecule has 42 heavy (non-hydrogen) atoms. The Morgan fingerprint density at radius 3 is 2.43 bits per heavy atom. The number of halogens is 1. The molecule has 10 heteroatoms. The number of likely N-dealkylation sites (N-methyl/N-ethyl adjacent to an activating group) is 1. The zero-order valence-corrected chi connectivity index (χ0v) is 24.4. The van der Waals surface area contributed by atoms with Crippen molar-refractivity contribution in [3.8, 4) is 17.2 Å². The maximum Gasteiger partial charge on any atom is 0.344 e. The van der Waals surface area contributed by atoms with Crippen molar-refractivity contribution in [2.75, 3.05) is 48.1 Å². The Hall–Kier alpha value is -4.57. The summed E-state index contributed by atoms with van der Waals surface area (Å²) < 4.78 is 41.7. The molecule has 0 bridgehead atoms. The highest BCUT2D eigenvalue weighted by Crippen LogP contribution is 2.45. The molecule has 1 amide bonds. The van der Waals surface area contributed by atoms with Crippen LogP contribution >= 0.6 is 0 Å². The van der Waals surface area contributed by atoms with Crippen molar-refractivity contribution in [2.24, 2.45) is 0 Å². The summed E-state index contributed by atoms with van der Waals surface area (Å²) in [4.78, 5) is 26.9. The largest absolute Gasteiger partial charge is 0.493 e. The van der Waals surface area contributed by atoms with Crippen LogP contribution in [0.15, 0.2) is 58.7 Å². The lowest BCUT2D eigenvalue weighted by Gasteiger charge is -2.16. The van der Waals surface area contributed by atoms with Crippen LogP contribution in [0.1, 0.15) is 35.8 Å². The van der Waals surface area contributed by atoms with Gasteiger partial charge < -0.3 is 33.6 Å². The van der Waals surface area contributed by atoms with Gasteiger partial charge in [0.2, 0.25) is 11.7 Å². The predicted molar refractivity (Wildman–Crippen MR) is 157 cm³/mol. The van der Waals surface area contributed by atoms with Crippen molar-refractivity contribution in [1.29, 1.82) is 0 Å². The number of hydrogen-bond donors (Lipinski definition) is 1. The van der Waals surface area contributed by atoms with E-state index in [-0.39, 0.29) is 43.7 Å². The highest BCUT2D eigenvalue weighted by Gasteiger charge is 2.26. The number of benzene rings is 2. The van der Waals surface area contributed by atoms with E-state index in [1.165, 1.54) is 26.4 Å². The molecule has 0 radical (unpaired) electrons. The quantitative estimate of drug-likeness (QED) is 0.285. The van der Waals surface area contributed by atoms with Crippen LogP contribution in [0.2, 0.25) is 0 Å². The first kappa shape index (κ1) is 30.4. The Balaban J connectivity index is 1.59. The highest BCUT2D eigenvalue weighted by atomic mass is 19.1. The molecule has 0 spiro atoms. The number of fused-ring (bicyclic) bond motifs is 1. The Morgan fingerprint density at radius 1 is 1.05 bits per heavy atom. The number of nitrogens with one attached hydrogen (secondary N) is 1. The maximum absolute atomic E-state index is 14.3. The standard InChI is InChI=1S/C32H35FN2O7/c1-20-25(24-9-8-22(33)16-27(24)26(20)17-30(36)34-18-23-7-6-11-40-23)13-21-14-28(38-4)32(29(15-21)39-5)42-19-31(37)41-12-10-35(2)3/h6-9,11,13-16H,10,12,17-19H2,1-5H3,(H,34,36)/b25-13-. The third-order valence-electron chi connectivity index (χ3n) is 6.76. The molecule has 0 atom stereocenters. The van der Waals surface area contributed by atoms with Gasteiger partial charge in [-0.25, -0.2) is 9.18 Å². The smallest absolute Gasteiger partial charge is 0.344 e. The summed E-state index contributed by atoms with van der Waals surface area (Å²) in [6.45, 7) is 2.71. The van der Waals surface area contributed by atoms with Crippen molar-refractivity contribution in [1.82, 2.24) is 10.2 Å². The van der Waals surface area contributed by atoms with Crippen LogP contribution in [-0.2, 0) is 20.9 Å². The fourth-order valence-corrected chi connectivity index (χ4v) is 4.61. The zero-order chi connectivity index (χ0) is 30.2. The Bertz CT molecular complexity index is 1470. The summed E-state index contributed by atoms with van der Waals surface area (Å²) in [6.07, 6.45) is 3.54. The number of methoxy groups -OCH3 is 2. The van der Waals surface area contributed by atoms with E-state index in [0.29, 0.717) is 29.4 Å². The second-order valence-corrected chi connectivity index (χ2v) is 9.95. The van der Waals surface area contributed by atoms with Gasteiger partial charge in [0.25, 0.3) is 0 Å². The van der Waals surface area contributed by atoms with Gasteiger partial charge >= 0.3 is 5.97 Å². The van der Waals surface area contributed by atoms with Crippen LogP contribution in [0.5, 0.6) is 17.2 Å². The first-order chi connectivity index (χ1) is 20.2. The summed E-state index contributed by atoms with van der Waals surface area (Å²) in [5.41, 5.74) is 4.61. The number of ether oxygens (including phenoxy) is 4. The molecule has 0 aliphatic heterocycles. The molecule has 3 aromatic rings. The molecule has 0 saturated heterocycles. The zero-order valence-electron chi connectivity index (χ0n) is 24.4. The normalized spacial score (nSPS) is 13.4. The predicted octanol–water partition coefficient (Wildman–Crippen LogP) is 4.95. The van der Waals surface area contributed by atoms with Crippen LogP contribution in [0, 0.1) is 5.82 Å². The molecule has 222 valence electrons.